The maximum absolute atomic E-state index is 12.4. The van der Waals surface area contributed by atoms with E-state index < -0.39 is 4.92 Å². The minimum Gasteiger partial charge on any atom is -0.348 e. The highest BCUT2D eigenvalue weighted by Crippen LogP contribution is 2.37. The number of halogens is 1. The lowest BCUT2D eigenvalue weighted by Gasteiger charge is -2.27. The quantitative estimate of drug-likeness (QED) is 0.654. The summed E-state index contributed by atoms with van der Waals surface area (Å²) >= 11 is 7.43. The molecule has 1 aromatic heterocycles. The van der Waals surface area contributed by atoms with Gasteiger partial charge in [-0.25, -0.2) is 0 Å². The Hall–Kier alpha value is -1.66. The van der Waals surface area contributed by atoms with Crippen LogP contribution in [-0.4, -0.2) is 16.9 Å². The fraction of sp³-hybridized carbons (Fsp3) is 0.400. The zero-order valence-corrected chi connectivity index (χ0v) is 14.3. The highest BCUT2D eigenvalue weighted by molar-refractivity contribution is 7.21. The minimum absolute atomic E-state index is 0.0135. The summed E-state index contributed by atoms with van der Waals surface area (Å²) in [5.74, 6) is -0.253. The highest BCUT2D eigenvalue weighted by atomic mass is 35.5. The van der Waals surface area contributed by atoms with E-state index in [-0.39, 0.29) is 23.1 Å². The summed E-state index contributed by atoms with van der Waals surface area (Å²) in [4.78, 5) is 23.1. The van der Waals surface area contributed by atoms with Gasteiger partial charge in [-0.2, -0.15) is 0 Å². The van der Waals surface area contributed by atoms with Crippen molar-refractivity contribution in [2.45, 2.75) is 33.7 Å². The Balaban J connectivity index is 2.37. The van der Waals surface area contributed by atoms with Crippen LogP contribution in [0.2, 0.25) is 5.02 Å². The molecule has 0 unspecified atom stereocenters. The van der Waals surface area contributed by atoms with Crippen LogP contribution in [0.3, 0.4) is 0 Å². The Labute approximate surface area is 137 Å². The Morgan fingerprint density at radius 2 is 2.05 bits per heavy atom. The molecular formula is C15H17ClN2O3S. The first-order chi connectivity index (χ1) is 10.1. The number of amides is 1. The lowest BCUT2D eigenvalue weighted by Crippen LogP contribution is -2.41. The van der Waals surface area contributed by atoms with Gasteiger partial charge in [0.25, 0.3) is 11.6 Å². The number of nitrogens with zero attached hydrogens (tertiary/aromatic N) is 1. The number of hydrogen-bond acceptors (Lipinski definition) is 4. The number of nitro groups is 1. The van der Waals surface area contributed by atoms with E-state index in [2.05, 4.69) is 5.32 Å². The van der Waals surface area contributed by atoms with Crippen LogP contribution in [0.15, 0.2) is 18.2 Å². The number of fused-ring (bicyclic) bond motifs is 1. The van der Waals surface area contributed by atoms with Crippen molar-refractivity contribution in [1.82, 2.24) is 5.32 Å². The van der Waals surface area contributed by atoms with E-state index in [0.717, 1.165) is 0 Å². The molecule has 0 bridgehead atoms. The summed E-state index contributed by atoms with van der Waals surface area (Å²) in [7, 11) is 0. The van der Waals surface area contributed by atoms with Gasteiger partial charge in [-0.1, -0.05) is 32.4 Å². The topological polar surface area (TPSA) is 72.2 Å². The van der Waals surface area contributed by atoms with E-state index in [9.17, 15) is 14.9 Å². The van der Waals surface area contributed by atoms with Crippen LogP contribution in [0.4, 0.5) is 5.69 Å². The molecule has 1 atom stereocenters. The zero-order chi connectivity index (χ0) is 16.7. The number of nitro benzene ring substituents is 1. The van der Waals surface area contributed by atoms with Gasteiger partial charge in [0.15, 0.2) is 0 Å². The normalized spacial score (nSPS) is 13.1. The first-order valence-electron chi connectivity index (χ1n) is 6.78. The fourth-order valence-corrected chi connectivity index (χ4v) is 3.25. The van der Waals surface area contributed by atoms with Gasteiger partial charge in [-0.05, 0) is 18.4 Å². The number of carbonyl (C=O) groups is 1. The van der Waals surface area contributed by atoms with E-state index in [1.54, 1.807) is 6.07 Å². The monoisotopic (exact) mass is 340 g/mol. The Morgan fingerprint density at radius 3 is 2.59 bits per heavy atom. The van der Waals surface area contributed by atoms with Gasteiger partial charge < -0.3 is 5.32 Å². The number of nitrogens with one attached hydrogen (secondary N) is 1. The minimum atomic E-state index is -0.464. The van der Waals surface area contributed by atoms with Crippen LogP contribution in [0, 0.1) is 15.5 Å². The van der Waals surface area contributed by atoms with Crippen molar-refractivity contribution < 1.29 is 9.72 Å². The summed E-state index contributed by atoms with van der Waals surface area (Å²) in [6.45, 7) is 8.04. The van der Waals surface area contributed by atoms with Crippen molar-refractivity contribution in [3.63, 3.8) is 0 Å². The van der Waals surface area contributed by atoms with Gasteiger partial charge >= 0.3 is 0 Å². The predicted molar refractivity (Wildman–Crippen MR) is 89.9 cm³/mol. The largest absolute Gasteiger partial charge is 0.348 e. The number of non-ortho nitro benzene ring substituents is 1. The Kier molecular flexibility index (Phi) is 4.44. The Bertz CT molecular complexity index is 749. The standard InChI is InChI=1S/C15H17ClN2O3S/c1-8(15(2,3)4)17-14(19)13-12(16)10-6-5-9(18(20)21)7-11(10)22-13/h5-8H,1-4H3,(H,17,19)/t8-/m0/s1. The number of thiophene rings is 1. The van der Waals surface area contributed by atoms with Gasteiger partial charge in [-0.3, -0.25) is 14.9 Å². The molecule has 5 nitrogen and oxygen atoms in total. The van der Waals surface area contributed by atoms with Crippen molar-refractivity contribution in [3.8, 4) is 0 Å². The van der Waals surface area contributed by atoms with Crippen molar-refractivity contribution in [2.24, 2.45) is 5.41 Å². The van der Waals surface area contributed by atoms with Crippen LogP contribution in [0.25, 0.3) is 10.1 Å². The van der Waals surface area contributed by atoms with E-state index >= 15 is 0 Å². The summed E-state index contributed by atoms with van der Waals surface area (Å²) in [6, 6.07) is 4.38. The molecule has 7 heteroatoms. The molecule has 1 N–H and O–H groups in total. The molecule has 2 rings (SSSR count). The average Bonchev–Trinajstić information content (AvgIpc) is 2.74. The molecule has 0 fully saturated rings. The molecular weight excluding hydrogens is 324 g/mol. The molecule has 0 radical (unpaired) electrons. The lowest BCUT2D eigenvalue weighted by atomic mass is 9.88. The van der Waals surface area contributed by atoms with Gasteiger partial charge in [0.05, 0.1) is 9.95 Å². The van der Waals surface area contributed by atoms with Crippen molar-refractivity contribution in [2.75, 3.05) is 0 Å². The van der Waals surface area contributed by atoms with Crippen LogP contribution < -0.4 is 5.32 Å². The van der Waals surface area contributed by atoms with Gasteiger partial charge in [0.1, 0.15) is 4.88 Å². The molecule has 2 aromatic rings. The van der Waals surface area contributed by atoms with Crippen LogP contribution in [0.1, 0.15) is 37.4 Å². The van der Waals surface area contributed by atoms with E-state index in [1.807, 2.05) is 27.7 Å². The molecule has 1 amide bonds. The molecule has 1 heterocycles. The van der Waals surface area contributed by atoms with Crippen LogP contribution in [0.5, 0.6) is 0 Å². The second-order valence-electron chi connectivity index (χ2n) is 6.24. The summed E-state index contributed by atoms with van der Waals surface area (Å²) in [5.41, 5.74) is -0.0853. The third kappa shape index (κ3) is 3.23. The number of rotatable bonds is 3. The van der Waals surface area contributed by atoms with Crippen molar-refractivity contribution in [3.05, 3.63) is 38.2 Å². The van der Waals surface area contributed by atoms with Gasteiger partial charge in [-0.15, -0.1) is 11.3 Å². The summed E-state index contributed by atoms with van der Waals surface area (Å²) in [5, 5.41) is 14.8. The molecule has 0 saturated carbocycles. The molecule has 0 aliphatic carbocycles. The summed E-state index contributed by atoms with van der Waals surface area (Å²) in [6.07, 6.45) is 0. The second kappa shape index (κ2) is 5.85. The number of benzene rings is 1. The SMILES string of the molecule is C[C@H](NC(=O)c1sc2cc([N+](=O)[O-])ccc2c1Cl)C(C)(C)C. The van der Waals surface area contributed by atoms with Gasteiger partial charge in [0.2, 0.25) is 0 Å². The van der Waals surface area contributed by atoms with Crippen LogP contribution >= 0.6 is 22.9 Å². The first-order valence-corrected chi connectivity index (χ1v) is 7.98. The highest BCUT2D eigenvalue weighted by Gasteiger charge is 2.25. The third-order valence-electron chi connectivity index (χ3n) is 3.68. The number of hydrogen-bond donors (Lipinski definition) is 1. The second-order valence-corrected chi connectivity index (χ2v) is 7.67. The lowest BCUT2D eigenvalue weighted by molar-refractivity contribution is -0.384. The molecule has 1 aromatic carbocycles. The zero-order valence-electron chi connectivity index (χ0n) is 12.8. The molecule has 118 valence electrons. The summed E-state index contributed by atoms with van der Waals surface area (Å²) < 4.78 is 0.632. The molecule has 22 heavy (non-hydrogen) atoms. The van der Waals surface area contributed by atoms with E-state index in [1.165, 1.54) is 23.5 Å². The van der Waals surface area contributed by atoms with E-state index in [4.69, 9.17) is 11.6 Å². The average molecular weight is 341 g/mol. The van der Waals surface area contributed by atoms with Crippen molar-refractivity contribution in [1.29, 1.82) is 0 Å². The molecule has 0 aliphatic heterocycles. The predicted octanol–water partition coefficient (Wildman–Crippen LogP) is 4.63. The molecule has 0 spiro atoms. The Morgan fingerprint density at radius 1 is 1.41 bits per heavy atom. The van der Waals surface area contributed by atoms with Gasteiger partial charge in [0, 0.05) is 28.3 Å². The molecule has 0 aliphatic rings. The molecule has 0 saturated heterocycles. The fourth-order valence-electron chi connectivity index (χ4n) is 1.79. The first kappa shape index (κ1) is 16.7. The third-order valence-corrected chi connectivity index (χ3v) is 5.33. The maximum Gasteiger partial charge on any atom is 0.270 e. The smallest absolute Gasteiger partial charge is 0.270 e. The van der Waals surface area contributed by atoms with Crippen molar-refractivity contribution >= 4 is 44.6 Å². The van der Waals surface area contributed by atoms with Crippen LogP contribution in [-0.2, 0) is 0 Å². The number of carbonyl (C=O) groups excluding carboxylic acids is 1. The van der Waals surface area contributed by atoms with E-state index in [0.29, 0.717) is 20.0 Å². The maximum atomic E-state index is 12.4.